The highest BCUT2D eigenvalue weighted by atomic mass is 19.4. The number of alkyl halides is 3. The number of rotatable bonds is 9. The summed E-state index contributed by atoms with van der Waals surface area (Å²) in [5, 5.41) is 0. The van der Waals surface area contributed by atoms with Crippen molar-refractivity contribution >= 4 is 22.8 Å². The summed E-state index contributed by atoms with van der Waals surface area (Å²) in [6.45, 7) is 5.34. The maximum atomic E-state index is 13.5. The second-order valence-corrected chi connectivity index (χ2v) is 10.2. The minimum absolute atomic E-state index is 0.0141. The van der Waals surface area contributed by atoms with Gasteiger partial charge in [-0.3, -0.25) is 28.6 Å². The summed E-state index contributed by atoms with van der Waals surface area (Å²) in [7, 11) is 0. The van der Waals surface area contributed by atoms with Crippen molar-refractivity contribution in [1.29, 1.82) is 0 Å². The van der Waals surface area contributed by atoms with Crippen LogP contribution < -0.4 is 16.1 Å². The van der Waals surface area contributed by atoms with E-state index in [0.29, 0.717) is 54.8 Å². The fraction of sp³-hybridized carbons (Fsp3) is 0.414. The summed E-state index contributed by atoms with van der Waals surface area (Å²) in [6, 6.07) is 6.96. The lowest BCUT2D eigenvalue weighted by Gasteiger charge is -2.25. The topological polar surface area (TPSA) is 115 Å². The van der Waals surface area contributed by atoms with Crippen LogP contribution in [0.3, 0.4) is 0 Å². The Labute approximate surface area is 238 Å². The van der Waals surface area contributed by atoms with Crippen molar-refractivity contribution in [3.63, 3.8) is 0 Å². The van der Waals surface area contributed by atoms with Crippen molar-refractivity contribution in [3.05, 3.63) is 74.8 Å². The number of carbonyl (C=O) groups excluding carboxylic acids is 1. The van der Waals surface area contributed by atoms with E-state index in [9.17, 15) is 27.6 Å². The van der Waals surface area contributed by atoms with Gasteiger partial charge in [0.25, 0.3) is 11.5 Å². The Bertz CT molecular complexity index is 1680. The molecule has 42 heavy (non-hydrogen) atoms. The number of H-pyrrole nitrogens is 1. The third-order valence-electron chi connectivity index (χ3n) is 7.19. The van der Waals surface area contributed by atoms with Crippen molar-refractivity contribution in [3.8, 4) is 11.3 Å². The van der Waals surface area contributed by atoms with E-state index in [1.807, 2.05) is 13.8 Å². The van der Waals surface area contributed by atoms with Crippen LogP contribution in [0.25, 0.3) is 22.3 Å². The van der Waals surface area contributed by atoms with Crippen LogP contribution >= 0.6 is 0 Å². The number of nitrogens with zero attached hydrogens (tertiary/aromatic N) is 5. The van der Waals surface area contributed by atoms with E-state index in [1.54, 1.807) is 22.8 Å². The number of nitrogens with one attached hydrogen (secondary N) is 1. The molecule has 13 heteroatoms. The number of aryl methyl sites for hydroxylation is 1. The Morgan fingerprint density at radius 3 is 2.43 bits per heavy atom. The number of amides is 1. The van der Waals surface area contributed by atoms with Gasteiger partial charge in [0.2, 0.25) is 0 Å². The van der Waals surface area contributed by atoms with Gasteiger partial charge in [0.05, 0.1) is 23.7 Å². The van der Waals surface area contributed by atoms with Gasteiger partial charge in [-0.05, 0) is 56.0 Å². The fourth-order valence-electron chi connectivity index (χ4n) is 5.13. The molecule has 5 heterocycles. The third-order valence-corrected chi connectivity index (χ3v) is 7.19. The van der Waals surface area contributed by atoms with E-state index in [4.69, 9.17) is 4.74 Å². The van der Waals surface area contributed by atoms with E-state index in [1.165, 1.54) is 15.7 Å². The van der Waals surface area contributed by atoms with E-state index in [-0.39, 0.29) is 29.7 Å². The molecule has 0 saturated carbocycles. The maximum absolute atomic E-state index is 13.5. The number of hydrogen-bond acceptors (Lipinski definition) is 6. The lowest BCUT2D eigenvalue weighted by molar-refractivity contribution is -0.141. The first-order valence-corrected chi connectivity index (χ1v) is 13.9. The molecule has 4 aromatic heterocycles. The number of anilines is 1. The molecule has 0 aliphatic carbocycles. The van der Waals surface area contributed by atoms with Gasteiger partial charge >= 0.3 is 11.9 Å². The lowest BCUT2D eigenvalue weighted by atomic mass is 10.1. The van der Waals surface area contributed by atoms with Crippen LogP contribution in [0.1, 0.15) is 55.6 Å². The smallest absolute Gasteiger partial charge is 0.376 e. The van der Waals surface area contributed by atoms with Crippen molar-refractivity contribution in [1.82, 2.24) is 24.1 Å². The summed E-state index contributed by atoms with van der Waals surface area (Å²) in [6.07, 6.45) is 0.497. The molecule has 0 spiro atoms. The molecule has 0 bridgehead atoms. The zero-order valence-electron chi connectivity index (χ0n) is 23.3. The second kappa shape index (κ2) is 11.9. The average molecular weight is 585 g/mol. The van der Waals surface area contributed by atoms with Crippen LogP contribution in [0.2, 0.25) is 0 Å². The molecule has 1 fully saturated rings. The monoisotopic (exact) mass is 584 g/mol. The minimum atomic E-state index is -4.62. The van der Waals surface area contributed by atoms with Crippen LogP contribution in [0.5, 0.6) is 0 Å². The predicted octanol–water partition coefficient (Wildman–Crippen LogP) is 4.61. The number of fused-ring (bicyclic) bond motifs is 1. The Morgan fingerprint density at radius 1 is 1.07 bits per heavy atom. The molecule has 1 aliphatic rings. The molecule has 4 aromatic rings. The van der Waals surface area contributed by atoms with Gasteiger partial charge in [0.1, 0.15) is 17.0 Å². The van der Waals surface area contributed by atoms with Crippen LogP contribution in [0.15, 0.2) is 52.3 Å². The van der Waals surface area contributed by atoms with Gasteiger partial charge in [-0.2, -0.15) is 13.2 Å². The number of pyridine rings is 2. The van der Waals surface area contributed by atoms with Crippen molar-refractivity contribution < 1.29 is 22.7 Å². The summed E-state index contributed by atoms with van der Waals surface area (Å²) < 4.78 is 47.5. The van der Waals surface area contributed by atoms with Crippen LogP contribution in [0.4, 0.5) is 19.0 Å². The van der Waals surface area contributed by atoms with Crippen LogP contribution in [0, 0.1) is 0 Å². The molecule has 0 aromatic carbocycles. The second-order valence-electron chi connectivity index (χ2n) is 10.2. The highest BCUT2D eigenvalue weighted by Crippen LogP contribution is 2.28. The molecular weight excluding hydrogens is 553 g/mol. The molecule has 10 nitrogen and oxygen atoms in total. The molecule has 1 aliphatic heterocycles. The number of aromatic nitrogens is 5. The number of ether oxygens (including phenoxy) is 1. The quantitative estimate of drug-likeness (QED) is 0.307. The summed E-state index contributed by atoms with van der Waals surface area (Å²) >= 11 is 0. The van der Waals surface area contributed by atoms with E-state index < -0.39 is 23.3 Å². The average Bonchev–Trinajstić information content (AvgIpc) is 3.66. The zero-order valence-corrected chi connectivity index (χ0v) is 23.3. The number of aromatic amines is 1. The molecule has 1 N–H and O–H groups in total. The van der Waals surface area contributed by atoms with Crippen LogP contribution in [-0.2, 0) is 24.0 Å². The SMILES string of the molecule is CCCn1c(=O)c2[nH]c(-c3ccc(N(CC4CCCO4)C(=O)c4ccc(C(F)(F)F)nc4)nc3)cc2n(CCC)c1=O. The lowest BCUT2D eigenvalue weighted by Crippen LogP contribution is -2.39. The summed E-state index contributed by atoms with van der Waals surface area (Å²) in [4.78, 5) is 52.0. The number of halogens is 3. The first-order valence-electron chi connectivity index (χ1n) is 13.9. The van der Waals surface area contributed by atoms with Gasteiger partial charge in [-0.15, -0.1) is 0 Å². The van der Waals surface area contributed by atoms with Crippen molar-refractivity contribution in [2.45, 2.75) is 64.9 Å². The summed E-state index contributed by atoms with van der Waals surface area (Å²) in [5.74, 6) is -0.277. The first kappa shape index (κ1) is 29.2. The van der Waals surface area contributed by atoms with Gasteiger partial charge in [-0.1, -0.05) is 13.8 Å². The Hall–Kier alpha value is -4.26. The van der Waals surface area contributed by atoms with E-state index in [2.05, 4.69) is 15.0 Å². The molecular formula is C29H31F3N6O4. The molecule has 1 saturated heterocycles. The van der Waals surface area contributed by atoms with Crippen molar-refractivity contribution in [2.24, 2.45) is 0 Å². The van der Waals surface area contributed by atoms with E-state index >= 15 is 0 Å². The normalized spacial score (nSPS) is 15.4. The standard InChI is InChI=1S/C29H31F3N6O4/c1-3-11-36-22-14-21(35-25(22)27(40)37(12-4-2)28(36)41)18-8-10-24(34-15-18)38(17-20-6-5-13-42-20)26(39)19-7-9-23(33-16-19)29(30,31)32/h7-10,14-16,20,35H,3-6,11-13,17H2,1-2H3. The summed E-state index contributed by atoms with van der Waals surface area (Å²) in [5.41, 5.74) is 0.172. The van der Waals surface area contributed by atoms with E-state index in [0.717, 1.165) is 31.2 Å². The molecule has 222 valence electrons. The number of hydrogen-bond donors (Lipinski definition) is 1. The largest absolute Gasteiger partial charge is 0.433 e. The highest BCUT2D eigenvalue weighted by molar-refractivity contribution is 6.05. The first-order chi connectivity index (χ1) is 20.1. The molecule has 5 rings (SSSR count). The molecule has 1 unspecified atom stereocenters. The Balaban J connectivity index is 1.49. The molecule has 1 atom stereocenters. The fourth-order valence-corrected chi connectivity index (χ4v) is 5.13. The highest BCUT2D eigenvalue weighted by Gasteiger charge is 2.33. The Kier molecular flexibility index (Phi) is 8.30. The van der Waals surface area contributed by atoms with Gasteiger partial charge in [0, 0.05) is 43.3 Å². The molecule has 1 amide bonds. The van der Waals surface area contributed by atoms with Gasteiger partial charge < -0.3 is 9.72 Å². The number of carbonyl (C=O) groups is 1. The predicted molar refractivity (Wildman–Crippen MR) is 151 cm³/mol. The Morgan fingerprint density at radius 2 is 1.83 bits per heavy atom. The maximum Gasteiger partial charge on any atom is 0.433 e. The molecule has 0 radical (unpaired) electrons. The van der Waals surface area contributed by atoms with Gasteiger partial charge in [0.15, 0.2) is 0 Å². The zero-order chi connectivity index (χ0) is 30.0. The van der Waals surface area contributed by atoms with Crippen molar-refractivity contribution in [2.75, 3.05) is 18.1 Å². The minimum Gasteiger partial charge on any atom is -0.376 e. The van der Waals surface area contributed by atoms with Crippen LogP contribution in [-0.4, -0.2) is 49.2 Å². The van der Waals surface area contributed by atoms with Gasteiger partial charge in [-0.25, -0.2) is 9.78 Å². The third kappa shape index (κ3) is 5.73.